The number of fused-ring (bicyclic) bond motifs is 1. The van der Waals surface area contributed by atoms with Gasteiger partial charge in [0.15, 0.2) is 0 Å². The minimum Gasteiger partial charge on any atom is -0.253 e. The van der Waals surface area contributed by atoms with Crippen LogP contribution in [-0.4, -0.2) is 4.98 Å². The van der Waals surface area contributed by atoms with E-state index in [0.29, 0.717) is 0 Å². The molecule has 2 unspecified atom stereocenters. The first-order chi connectivity index (χ1) is 6.84. The third-order valence-electron chi connectivity index (χ3n) is 3.06. The number of hydrogen-bond donors (Lipinski definition) is 0. The van der Waals surface area contributed by atoms with E-state index in [1.807, 2.05) is 13.0 Å². The molecule has 1 aromatic rings. The fourth-order valence-electron chi connectivity index (χ4n) is 2.19. The Labute approximate surface area is 84.2 Å². The van der Waals surface area contributed by atoms with E-state index in [2.05, 4.69) is 35.3 Å². The fraction of sp³-hybridized carbons (Fsp3) is 0.308. The first kappa shape index (κ1) is 7.98. The quantitative estimate of drug-likeness (QED) is 0.652. The lowest BCUT2D eigenvalue weighted by Gasteiger charge is -2.08. The van der Waals surface area contributed by atoms with Crippen LogP contribution in [0.2, 0.25) is 0 Å². The SMILES string of the molecule is Cc1cccc(C2=CC=CC3CC23)n1. The number of aromatic nitrogens is 1. The summed E-state index contributed by atoms with van der Waals surface area (Å²) in [7, 11) is 0. The minimum atomic E-state index is 0.759. The molecule has 1 nitrogen and oxygen atoms in total. The van der Waals surface area contributed by atoms with Crippen LogP contribution in [0.5, 0.6) is 0 Å². The highest BCUT2D eigenvalue weighted by Gasteiger charge is 2.39. The van der Waals surface area contributed by atoms with Gasteiger partial charge in [0.05, 0.1) is 5.69 Å². The van der Waals surface area contributed by atoms with Gasteiger partial charge in [-0.1, -0.05) is 24.3 Å². The molecule has 0 saturated heterocycles. The molecule has 14 heavy (non-hydrogen) atoms. The van der Waals surface area contributed by atoms with Gasteiger partial charge >= 0.3 is 0 Å². The average molecular weight is 183 g/mol. The van der Waals surface area contributed by atoms with E-state index in [0.717, 1.165) is 17.5 Å². The lowest BCUT2D eigenvalue weighted by molar-refractivity contribution is 0.983. The van der Waals surface area contributed by atoms with E-state index < -0.39 is 0 Å². The fourth-order valence-corrected chi connectivity index (χ4v) is 2.19. The van der Waals surface area contributed by atoms with Crippen LogP contribution in [0.15, 0.2) is 36.4 Å². The average Bonchev–Trinajstić information content (AvgIpc) is 2.95. The molecular formula is C13H13N. The molecular weight excluding hydrogens is 170 g/mol. The summed E-state index contributed by atoms with van der Waals surface area (Å²) in [4.78, 5) is 4.57. The van der Waals surface area contributed by atoms with Crippen molar-refractivity contribution in [1.82, 2.24) is 4.98 Å². The number of hydrogen-bond acceptors (Lipinski definition) is 1. The van der Waals surface area contributed by atoms with Gasteiger partial charge < -0.3 is 0 Å². The van der Waals surface area contributed by atoms with E-state index in [-0.39, 0.29) is 0 Å². The standard InChI is InChI=1S/C13H13N/c1-9-4-2-7-13(14-9)11-6-3-5-10-8-12(10)11/h2-7,10,12H,8H2,1H3. The highest BCUT2D eigenvalue weighted by Crippen LogP contribution is 2.50. The highest BCUT2D eigenvalue weighted by molar-refractivity contribution is 5.70. The summed E-state index contributed by atoms with van der Waals surface area (Å²) >= 11 is 0. The molecule has 1 heteroatoms. The highest BCUT2D eigenvalue weighted by atomic mass is 14.7. The zero-order valence-corrected chi connectivity index (χ0v) is 8.27. The predicted octanol–water partition coefficient (Wildman–Crippen LogP) is 2.98. The Balaban J connectivity index is 2.02. The van der Waals surface area contributed by atoms with Gasteiger partial charge in [0.2, 0.25) is 0 Å². The van der Waals surface area contributed by atoms with Crippen LogP contribution >= 0.6 is 0 Å². The van der Waals surface area contributed by atoms with Crippen LogP contribution in [0, 0.1) is 18.8 Å². The molecule has 0 N–H and O–H groups in total. The largest absolute Gasteiger partial charge is 0.253 e. The second kappa shape index (κ2) is 2.81. The molecule has 1 aromatic heterocycles. The number of aryl methyl sites for hydroxylation is 1. The van der Waals surface area contributed by atoms with Crippen molar-refractivity contribution in [1.29, 1.82) is 0 Å². The van der Waals surface area contributed by atoms with E-state index in [1.165, 1.54) is 17.7 Å². The second-order valence-electron chi connectivity index (χ2n) is 4.18. The predicted molar refractivity (Wildman–Crippen MR) is 57.7 cm³/mol. The summed E-state index contributed by atoms with van der Waals surface area (Å²) in [5, 5.41) is 0. The smallest absolute Gasteiger partial charge is 0.0667 e. The van der Waals surface area contributed by atoms with Gasteiger partial charge in [-0.05, 0) is 42.9 Å². The Kier molecular flexibility index (Phi) is 1.60. The van der Waals surface area contributed by atoms with Crippen molar-refractivity contribution >= 4 is 5.57 Å². The van der Waals surface area contributed by atoms with Crippen LogP contribution in [-0.2, 0) is 0 Å². The Morgan fingerprint density at radius 2 is 2.29 bits per heavy atom. The Morgan fingerprint density at radius 1 is 1.36 bits per heavy atom. The Morgan fingerprint density at radius 3 is 3.14 bits per heavy atom. The molecule has 1 heterocycles. The first-order valence-electron chi connectivity index (χ1n) is 5.17. The summed E-state index contributed by atoms with van der Waals surface area (Å²) in [6.45, 7) is 2.05. The van der Waals surface area contributed by atoms with Gasteiger partial charge in [-0.3, -0.25) is 4.98 Å². The van der Waals surface area contributed by atoms with E-state index in [9.17, 15) is 0 Å². The van der Waals surface area contributed by atoms with Crippen molar-refractivity contribution in [3.63, 3.8) is 0 Å². The van der Waals surface area contributed by atoms with Gasteiger partial charge in [0, 0.05) is 5.69 Å². The number of rotatable bonds is 1. The molecule has 70 valence electrons. The molecule has 2 aliphatic carbocycles. The van der Waals surface area contributed by atoms with Crippen LogP contribution in [0.25, 0.3) is 5.57 Å². The molecule has 1 fully saturated rings. The van der Waals surface area contributed by atoms with Crippen molar-refractivity contribution < 1.29 is 0 Å². The molecule has 0 amide bonds. The summed E-state index contributed by atoms with van der Waals surface area (Å²) in [6, 6.07) is 6.26. The minimum absolute atomic E-state index is 0.759. The van der Waals surface area contributed by atoms with Crippen LogP contribution in [0.3, 0.4) is 0 Å². The van der Waals surface area contributed by atoms with Crippen molar-refractivity contribution in [3.8, 4) is 0 Å². The summed E-state index contributed by atoms with van der Waals surface area (Å²) in [5.74, 6) is 1.56. The van der Waals surface area contributed by atoms with Crippen molar-refractivity contribution in [2.24, 2.45) is 11.8 Å². The molecule has 0 aromatic carbocycles. The molecule has 2 atom stereocenters. The summed E-state index contributed by atoms with van der Waals surface area (Å²) in [6.07, 6.45) is 8.02. The van der Waals surface area contributed by atoms with E-state index >= 15 is 0 Å². The third kappa shape index (κ3) is 1.20. The normalized spacial score (nSPS) is 28.2. The van der Waals surface area contributed by atoms with Crippen LogP contribution < -0.4 is 0 Å². The number of nitrogens with zero attached hydrogens (tertiary/aromatic N) is 1. The van der Waals surface area contributed by atoms with Crippen molar-refractivity contribution in [2.75, 3.05) is 0 Å². The zero-order valence-electron chi connectivity index (χ0n) is 8.27. The molecule has 0 spiro atoms. The first-order valence-corrected chi connectivity index (χ1v) is 5.17. The topological polar surface area (TPSA) is 12.9 Å². The monoisotopic (exact) mass is 183 g/mol. The molecule has 3 rings (SSSR count). The van der Waals surface area contributed by atoms with E-state index in [4.69, 9.17) is 0 Å². The van der Waals surface area contributed by atoms with Gasteiger partial charge in [-0.15, -0.1) is 0 Å². The maximum Gasteiger partial charge on any atom is 0.0667 e. The summed E-state index contributed by atoms with van der Waals surface area (Å²) in [5.41, 5.74) is 3.71. The third-order valence-corrected chi connectivity index (χ3v) is 3.06. The maximum atomic E-state index is 4.57. The van der Waals surface area contributed by atoms with Gasteiger partial charge in [0.1, 0.15) is 0 Å². The Bertz CT molecular complexity index is 429. The molecule has 2 aliphatic rings. The number of pyridine rings is 1. The molecule has 0 radical (unpaired) electrons. The molecule has 1 saturated carbocycles. The van der Waals surface area contributed by atoms with Crippen molar-refractivity contribution in [3.05, 3.63) is 47.8 Å². The van der Waals surface area contributed by atoms with Crippen molar-refractivity contribution in [2.45, 2.75) is 13.3 Å². The van der Waals surface area contributed by atoms with Gasteiger partial charge in [0.25, 0.3) is 0 Å². The van der Waals surface area contributed by atoms with Crippen LogP contribution in [0.1, 0.15) is 17.8 Å². The van der Waals surface area contributed by atoms with Gasteiger partial charge in [-0.25, -0.2) is 0 Å². The van der Waals surface area contributed by atoms with Crippen LogP contribution in [0.4, 0.5) is 0 Å². The second-order valence-corrected chi connectivity index (χ2v) is 4.18. The lowest BCUT2D eigenvalue weighted by Crippen LogP contribution is -1.96. The Hall–Kier alpha value is -1.37. The molecule has 0 aliphatic heterocycles. The lowest BCUT2D eigenvalue weighted by atomic mass is 10.0. The maximum absolute atomic E-state index is 4.57. The zero-order chi connectivity index (χ0) is 9.54. The summed E-state index contributed by atoms with van der Waals surface area (Å²) < 4.78 is 0. The molecule has 0 bridgehead atoms. The number of allylic oxidation sites excluding steroid dienone is 4. The van der Waals surface area contributed by atoms with Gasteiger partial charge in [-0.2, -0.15) is 0 Å². The van der Waals surface area contributed by atoms with E-state index in [1.54, 1.807) is 0 Å².